The Kier molecular flexibility index (Phi) is 29.8. The van der Waals surface area contributed by atoms with Gasteiger partial charge in [0.1, 0.15) is 40.4 Å². The van der Waals surface area contributed by atoms with E-state index in [1.165, 1.54) is 65.3 Å². The Labute approximate surface area is 662 Å². The molecule has 3 aromatic carbocycles. The monoisotopic (exact) mass is 1590 g/mol. The van der Waals surface area contributed by atoms with Crippen molar-refractivity contribution in [3.05, 3.63) is 134 Å². The molecule has 596 valence electrons. The van der Waals surface area contributed by atoms with Gasteiger partial charge in [-0.1, -0.05) is 134 Å². The third-order valence-electron chi connectivity index (χ3n) is 16.1. The van der Waals surface area contributed by atoms with Crippen LogP contribution in [0.2, 0.25) is 0 Å². The number of H-pyrrole nitrogens is 1. The van der Waals surface area contributed by atoms with Crippen molar-refractivity contribution >= 4 is 92.6 Å². The van der Waals surface area contributed by atoms with Crippen LogP contribution in [0.4, 0.5) is 40.9 Å². The maximum absolute atomic E-state index is 13.1. The molecule has 0 aliphatic carbocycles. The SMILES string of the molecule is COc1nc(N(C)c2ncc[nH]2)nc(OC)c1NC(=O)c1csc(Oc2cc(C(C)(C)C)ccc2C)n1.COc1nc(NCCNC(C)C)nc(OC)c1NC(=O)c1csc(Oc2cc(C(C)(C)C)ccc2C#N)n1.COc1nc(NCCNC(C)C)nc(OC)c1NC(=O)c1csc(Oc2cc(C(C)(C)O)ccc2C)n1. The molecule has 33 nitrogen and oxygen atoms in total. The Hall–Kier alpha value is -11.6. The van der Waals surface area contributed by atoms with E-state index in [-0.39, 0.29) is 96.6 Å². The highest BCUT2D eigenvalue weighted by atomic mass is 32.1. The standard InChI is InChI=1S/C26H33N7O4S.C25H29N7O4S.C25H34N6O5S/c1-15(2)28-10-11-29-24-32-22(35-6)20(23(33-24)36-7)31-21(34)18-14-38-25(30-18)37-19-12-17(26(3,4)5)9-8-16(19)13-27;1-14-8-9-15(25(2,3)4)12-17(14)36-24-28-16(13-37-24)19(33)29-18-20(34-6)30-23(31-21(18)35-7)32(5)22-26-10-11-27-22;1-14(2)26-10-11-27-23-30-21(34-6)19(22(31-23)35-7)29-20(32)17-13-37-24(28-17)36-18-12-16(25(4,5)33)9-8-15(18)3/h8-9,12,14-15,28H,10-11H2,1-7H3,(H,31,34)(H,29,32,33);8-13H,1-7H3,(H,26,27)(H,29,33);8-9,12-14,26,33H,10-11H2,1-7H3,(H,29,32)(H,27,30,31). The zero-order chi connectivity index (χ0) is 81.8. The van der Waals surface area contributed by atoms with Gasteiger partial charge in [0.15, 0.2) is 17.1 Å². The van der Waals surface area contributed by atoms with E-state index in [1.807, 2.05) is 50.2 Å². The molecule has 0 unspecified atom stereocenters. The Bertz CT molecular complexity index is 4810. The van der Waals surface area contributed by atoms with E-state index in [2.05, 4.69) is 173 Å². The van der Waals surface area contributed by atoms with Crippen LogP contribution in [0.15, 0.2) is 83.1 Å². The predicted molar refractivity (Wildman–Crippen MR) is 432 cm³/mol. The molecule has 0 bridgehead atoms. The molecule has 0 aliphatic heterocycles. The van der Waals surface area contributed by atoms with E-state index < -0.39 is 23.3 Å². The van der Waals surface area contributed by atoms with E-state index in [0.717, 1.165) is 40.1 Å². The van der Waals surface area contributed by atoms with E-state index in [9.17, 15) is 24.8 Å². The minimum atomic E-state index is -1.02. The number of methoxy groups -OCH3 is 6. The molecule has 0 saturated carbocycles. The zero-order valence-electron chi connectivity index (χ0n) is 66.5. The molecule has 0 spiro atoms. The van der Waals surface area contributed by atoms with Gasteiger partial charge in [-0.05, 0) is 90.6 Å². The number of nitrogens with one attached hydrogen (secondary N) is 8. The van der Waals surface area contributed by atoms with Gasteiger partial charge in [-0.15, -0.1) is 0 Å². The molecule has 36 heteroatoms. The van der Waals surface area contributed by atoms with Crippen molar-refractivity contribution in [1.82, 2.24) is 65.5 Å². The topological polar surface area (TPSA) is 410 Å². The minimum absolute atomic E-state index is 0.0256. The lowest BCUT2D eigenvalue weighted by Crippen LogP contribution is -2.28. The molecule has 10 aromatic rings. The van der Waals surface area contributed by atoms with Crippen LogP contribution in [-0.2, 0) is 16.4 Å². The lowest BCUT2D eigenvalue weighted by Gasteiger charge is -2.20. The first-order valence-corrected chi connectivity index (χ1v) is 37.8. The fourth-order valence-corrected chi connectivity index (χ4v) is 11.8. The molecule has 9 N–H and O–H groups in total. The predicted octanol–water partition coefficient (Wildman–Crippen LogP) is 13.6. The van der Waals surface area contributed by atoms with Crippen LogP contribution in [0.5, 0.6) is 68.1 Å². The summed E-state index contributed by atoms with van der Waals surface area (Å²) in [5.41, 5.74) is 4.86. The molecule has 7 heterocycles. The largest absolute Gasteiger partial charge is 0.479 e. The summed E-state index contributed by atoms with van der Waals surface area (Å²) in [7, 11) is 10.4. The second-order valence-electron chi connectivity index (χ2n) is 27.8. The number of carbonyl (C=O) groups is 3. The number of aliphatic hydroxyl groups is 1. The lowest BCUT2D eigenvalue weighted by molar-refractivity contribution is 0.0783. The zero-order valence-corrected chi connectivity index (χ0v) is 69.0. The number of hydrogen-bond donors (Lipinski definition) is 9. The van der Waals surface area contributed by atoms with Crippen LogP contribution >= 0.6 is 34.0 Å². The fraction of sp³-hybridized carbons (Fsp3) is 0.395. The highest BCUT2D eigenvalue weighted by molar-refractivity contribution is 7.12. The highest BCUT2D eigenvalue weighted by Gasteiger charge is 2.28. The normalized spacial score (nSPS) is 11.2. The number of aromatic nitrogens is 11. The van der Waals surface area contributed by atoms with Crippen LogP contribution in [0.25, 0.3) is 0 Å². The number of rotatable bonds is 31. The molecule has 0 aliphatic rings. The number of nitrogens with zero attached hydrogens (tertiary/aromatic N) is 12. The molecule has 10 rings (SSSR count). The second-order valence-corrected chi connectivity index (χ2v) is 30.3. The number of carbonyl (C=O) groups excluding carboxylic acids is 3. The quantitative estimate of drug-likeness (QED) is 0.0182. The van der Waals surface area contributed by atoms with Crippen LogP contribution in [0.3, 0.4) is 0 Å². The third-order valence-corrected chi connectivity index (χ3v) is 18.2. The molecular formula is C76H96N20O13S3. The smallest absolute Gasteiger partial charge is 0.279 e. The van der Waals surface area contributed by atoms with Crippen LogP contribution in [-0.4, -0.2) is 166 Å². The Morgan fingerprint density at radius 2 is 0.857 bits per heavy atom. The number of aryl methyl sites for hydroxylation is 2. The summed E-state index contributed by atoms with van der Waals surface area (Å²) in [6.45, 7) is 30.8. The molecular weight excluding hydrogens is 1500 g/mol. The maximum atomic E-state index is 13.1. The first-order chi connectivity index (χ1) is 53.2. The minimum Gasteiger partial charge on any atom is -0.479 e. The number of hydrogen-bond acceptors (Lipinski definition) is 32. The third kappa shape index (κ3) is 23.5. The van der Waals surface area contributed by atoms with Gasteiger partial charge in [0.05, 0.1) is 53.8 Å². The van der Waals surface area contributed by atoms with Crippen molar-refractivity contribution in [3.8, 4) is 74.2 Å². The summed E-state index contributed by atoms with van der Waals surface area (Å²) in [5, 5.41) is 46.4. The number of thiazole rings is 3. The summed E-state index contributed by atoms with van der Waals surface area (Å²) in [5.74, 6) is 2.30. The van der Waals surface area contributed by atoms with Crippen molar-refractivity contribution in [2.45, 2.75) is 125 Å². The summed E-state index contributed by atoms with van der Waals surface area (Å²) in [4.78, 5) is 86.9. The number of benzene rings is 3. The molecule has 0 radical (unpaired) electrons. The Balaban J connectivity index is 0.000000211. The molecule has 0 fully saturated rings. The van der Waals surface area contributed by atoms with E-state index in [4.69, 9.17) is 42.6 Å². The summed E-state index contributed by atoms with van der Waals surface area (Å²) in [6.07, 6.45) is 3.30. The molecule has 0 saturated heterocycles. The molecule has 0 atom stereocenters. The van der Waals surface area contributed by atoms with Gasteiger partial charge in [0.2, 0.25) is 59.1 Å². The average Bonchev–Trinajstić information content (AvgIpc) is 1.49. The number of ether oxygens (including phenoxy) is 9. The van der Waals surface area contributed by atoms with Crippen LogP contribution < -0.4 is 84.7 Å². The average molecular weight is 1590 g/mol. The summed E-state index contributed by atoms with van der Waals surface area (Å²) < 4.78 is 50.2. The van der Waals surface area contributed by atoms with Crippen LogP contribution in [0.1, 0.15) is 148 Å². The second kappa shape index (κ2) is 38.8. The number of amides is 3. The van der Waals surface area contributed by atoms with Gasteiger partial charge < -0.3 is 89.9 Å². The Morgan fingerprint density at radius 1 is 0.509 bits per heavy atom. The van der Waals surface area contributed by atoms with E-state index >= 15 is 0 Å². The highest BCUT2D eigenvalue weighted by Crippen LogP contribution is 2.40. The van der Waals surface area contributed by atoms with Gasteiger partial charge in [-0.2, -0.15) is 50.1 Å². The summed E-state index contributed by atoms with van der Waals surface area (Å²) >= 11 is 3.54. The van der Waals surface area contributed by atoms with Crippen LogP contribution in [0, 0.1) is 25.2 Å². The maximum Gasteiger partial charge on any atom is 0.279 e. The first-order valence-electron chi connectivity index (χ1n) is 35.2. The lowest BCUT2D eigenvalue weighted by atomic mass is 9.86. The number of imidazole rings is 1. The van der Waals surface area contributed by atoms with Gasteiger partial charge >= 0.3 is 0 Å². The number of aromatic amines is 1. The Morgan fingerprint density at radius 3 is 1.20 bits per heavy atom. The number of anilines is 7. The molecule has 112 heavy (non-hydrogen) atoms. The van der Waals surface area contributed by atoms with Crippen molar-refractivity contribution in [3.63, 3.8) is 0 Å². The summed E-state index contributed by atoms with van der Waals surface area (Å²) in [6, 6.07) is 19.9. The first kappa shape index (κ1) is 86.0. The van der Waals surface area contributed by atoms with Crippen molar-refractivity contribution in [1.29, 1.82) is 5.26 Å². The fourth-order valence-electron chi connectivity index (χ4n) is 9.84. The van der Waals surface area contributed by atoms with Gasteiger partial charge in [0, 0.05) is 73.8 Å². The molecule has 3 amide bonds. The van der Waals surface area contributed by atoms with Gasteiger partial charge in [-0.25, -0.2) is 4.98 Å². The number of nitriles is 1. The van der Waals surface area contributed by atoms with Crippen molar-refractivity contribution in [2.75, 3.05) is 107 Å². The van der Waals surface area contributed by atoms with Gasteiger partial charge in [-0.3, -0.25) is 19.3 Å². The van der Waals surface area contributed by atoms with E-state index in [0.29, 0.717) is 83.1 Å². The van der Waals surface area contributed by atoms with Gasteiger partial charge in [0.25, 0.3) is 33.3 Å². The van der Waals surface area contributed by atoms with Crippen molar-refractivity contribution in [2.24, 2.45) is 0 Å². The molecule has 7 aromatic heterocycles. The van der Waals surface area contributed by atoms with E-state index in [1.54, 1.807) is 66.5 Å². The van der Waals surface area contributed by atoms with Crippen molar-refractivity contribution < 1.29 is 62.1 Å².